The Labute approximate surface area is 120 Å². The number of anilines is 1. The predicted octanol–water partition coefficient (Wildman–Crippen LogP) is 5.01. The van der Waals surface area contributed by atoms with Crippen molar-refractivity contribution < 1.29 is 9.50 Å². The van der Waals surface area contributed by atoms with E-state index in [1.807, 2.05) is 0 Å². The molecule has 0 bridgehead atoms. The van der Waals surface area contributed by atoms with Crippen molar-refractivity contribution in [3.63, 3.8) is 0 Å². The molecule has 5 heteroatoms. The fourth-order valence-electron chi connectivity index (χ4n) is 1.78. The number of phenols is 1. The predicted molar refractivity (Wildman–Crippen MR) is 76.6 cm³/mol. The lowest BCUT2D eigenvalue weighted by atomic mass is 10.1. The van der Waals surface area contributed by atoms with Crippen molar-refractivity contribution in [2.45, 2.75) is 13.0 Å². The molecule has 2 aromatic carbocycles. The largest absolute Gasteiger partial charge is 0.508 e. The first-order valence-corrected chi connectivity index (χ1v) is 6.43. The summed E-state index contributed by atoms with van der Waals surface area (Å²) in [7, 11) is 0. The Balaban J connectivity index is 2.23. The number of benzene rings is 2. The highest BCUT2D eigenvalue weighted by Gasteiger charge is 2.12. The van der Waals surface area contributed by atoms with Crippen LogP contribution < -0.4 is 5.32 Å². The van der Waals surface area contributed by atoms with E-state index in [1.54, 1.807) is 25.1 Å². The second kappa shape index (κ2) is 5.68. The fraction of sp³-hybridized carbons (Fsp3) is 0.143. The number of phenolic OH excluding ortho intramolecular Hbond substituents is 1. The van der Waals surface area contributed by atoms with Gasteiger partial charge in [0.2, 0.25) is 0 Å². The Kier molecular flexibility index (Phi) is 4.17. The molecule has 0 amide bonds. The molecule has 0 aliphatic heterocycles. The zero-order chi connectivity index (χ0) is 14.0. The van der Waals surface area contributed by atoms with Crippen molar-refractivity contribution in [1.29, 1.82) is 0 Å². The lowest BCUT2D eigenvalue weighted by molar-refractivity contribution is 0.467. The summed E-state index contributed by atoms with van der Waals surface area (Å²) in [6.45, 7) is 1.81. The first-order chi connectivity index (χ1) is 8.97. The highest BCUT2D eigenvalue weighted by Crippen LogP contribution is 2.30. The maximum atomic E-state index is 13.7. The summed E-state index contributed by atoms with van der Waals surface area (Å²) in [5.74, 6) is -0.567. The first kappa shape index (κ1) is 14.0. The van der Waals surface area contributed by atoms with Crippen LogP contribution in [0.3, 0.4) is 0 Å². The summed E-state index contributed by atoms with van der Waals surface area (Å²) < 4.78 is 13.7. The average Bonchev–Trinajstić information content (AvgIpc) is 2.32. The molecule has 2 aromatic rings. The van der Waals surface area contributed by atoms with Gasteiger partial charge in [-0.15, -0.1) is 0 Å². The van der Waals surface area contributed by atoms with Gasteiger partial charge < -0.3 is 10.4 Å². The van der Waals surface area contributed by atoms with Crippen LogP contribution in [0.25, 0.3) is 0 Å². The summed E-state index contributed by atoms with van der Waals surface area (Å²) >= 11 is 11.9. The van der Waals surface area contributed by atoms with E-state index in [9.17, 15) is 9.50 Å². The lowest BCUT2D eigenvalue weighted by Gasteiger charge is -2.17. The quantitative estimate of drug-likeness (QED) is 0.835. The summed E-state index contributed by atoms with van der Waals surface area (Å²) in [4.78, 5) is 0. The standard InChI is InChI=1S/C14H12Cl2FNO/c1-8(11-4-3-10(19)7-13(11)17)18-14-5-2-9(15)6-12(14)16/h2-8,18-19H,1H3. The van der Waals surface area contributed by atoms with Crippen LogP contribution in [0.2, 0.25) is 10.0 Å². The lowest BCUT2D eigenvalue weighted by Crippen LogP contribution is -2.08. The Morgan fingerprint density at radius 3 is 2.53 bits per heavy atom. The van der Waals surface area contributed by atoms with Crippen LogP contribution in [-0.4, -0.2) is 5.11 Å². The number of nitrogens with one attached hydrogen (secondary N) is 1. The van der Waals surface area contributed by atoms with Gasteiger partial charge in [0.05, 0.1) is 16.8 Å². The van der Waals surface area contributed by atoms with Crippen molar-refractivity contribution in [2.24, 2.45) is 0 Å². The smallest absolute Gasteiger partial charge is 0.132 e. The molecular weight excluding hydrogens is 288 g/mol. The molecule has 19 heavy (non-hydrogen) atoms. The zero-order valence-electron chi connectivity index (χ0n) is 10.1. The van der Waals surface area contributed by atoms with Crippen molar-refractivity contribution in [2.75, 3.05) is 5.32 Å². The molecule has 0 spiro atoms. The van der Waals surface area contributed by atoms with E-state index in [2.05, 4.69) is 5.32 Å². The van der Waals surface area contributed by atoms with Crippen molar-refractivity contribution in [3.8, 4) is 5.75 Å². The van der Waals surface area contributed by atoms with E-state index in [0.717, 1.165) is 6.07 Å². The van der Waals surface area contributed by atoms with Crippen molar-refractivity contribution in [3.05, 3.63) is 57.8 Å². The second-order valence-electron chi connectivity index (χ2n) is 4.20. The molecule has 0 radical (unpaired) electrons. The van der Waals surface area contributed by atoms with Gasteiger partial charge in [-0.25, -0.2) is 4.39 Å². The van der Waals surface area contributed by atoms with Gasteiger partial charge >= 0.3 is 0 Å². The third-order valence-electron chi connectivity index (χ3n) is 2.75. The minimum atomic E-state index is -0.468. The van der Waals surface area contributed by atoms with Gasteiger partial charge in [-0.3, -0.25) is 0 Å². The maximum absolute atomic E-state index is 13.7. The van der Waals surface area contributed by atoms with E-state index in [-0.39, 0.29) is 11.8 Å². The van der Waals surface area contributed by atoms with Crippen LogP contribution in [0, 0.1) is 5.82 Å². The van der Waals surface area contributed by atoms with Gasteiger partial charge in [-0.05, 0) is 31.2 Å². The van der Waals surface area contributed by atoms with E-state index >= 15 is 0 Å². The fourth-order valence-corrected chi connectivity index (χ4v) is 2.25. The number of aromatic hydroxyl groups is 1. The monoisotopic (exact) mass is 299 g/mol. The minimum absolute atomic E-state index is 0.0991. The maximum Gasteiger partial charge on any atom is 0.132 e. The molecule has 0 aromatic heterocycles. The highest BCUT2D eigenvalue weighted by atomic mass is 35.5. The molecule has 2 rings (SSSR count). The molecule has 0 aliphatic rings. The Morgan fingerprint density at radius 1 is 1.16 bits per heavy atom. The molecule has 0 saturated carbocycles. The van der Waals surface area contributed by atoms with E-state index in [0.29, 0.717) is 21.3 Å². The SMILES string of the molecule is CC(Nc1ccc(Cl)cc1Cl)c1ccc(O)cc1F. The van der Waals surface area contributed by atoms with Crippen LogP contribution >= 0.6 is 23.2 Å². The Morgan fingerprint density at radius 2 is 1.89 bits per heavy atom. The van der Waals surface area contributed by atoms with Crippen LogP contribution in [-0.2, 0) is 0 Å². The molecule has 1 atom stereocenters. The summed E-state index contributed by atoms with van der Waals surface area (Å²) in [5, 5.41) is 13.3. The average molecular weight is 300 g/mol. The Bertz CT molecular complexity index is 604. The third-order valence-corrected chi connectivity index (χ3v) is 3.30. The number of hydrogen-bond donors (Lipinski definition) is 2. The van der Waals surface area contributed by atoms with Crippen LogP contribution in [0.5, 0.6) is 5.75 Å². The molecule has 0 heterocycles. The highest BCUT2D eigenvalue weighted by molar-refractivity contribution is 6.36. The Hall–Kier alpha value is -1.45. The first-order valence-electron chi connectivity index (χ1n) is 5.67. The van der Waals surface area contributed by atoms with Crippen molar-refractivity contribution >= 4 is 28.9 Å². The van der Waals surface area contributed by atoms with Gasteiger partial charge in [0, 0.05) is 16.7 Å². The van der Waals surface area contributed by atoms with Crippen molar-refractivity contribution in [1.82, 2.24) is 0 Å². The van der Waals surface area contributed by atoms with Gasteiger partial charge in [-0.2, -0.15) is 0 Å². The normalized spacial score (nSPS) is 12.2. The molecule has 100 valence electrons. The molecule has 0 fully saturated rings. The molecule has 0 aliphatic carbocycles. The van der Waals surface area contributed by atoms with E-state index in [4.69, 9.17) is 23.2 Å². The summed E-state index contributed by atoms with van der Waals surface area (Å²) in [6.07, 6.45) is 0. The molecular formula is C14H12Cl2FNO. The zero-order valence-corrected chi connectivity index (χ0v) is 11.6. The topological polar surface area (TPSA) is 32.3 Å². The summed E-state index contributed by atoms with van der Waals surface area (Å²) in [6, 6.07) is 8.82. The van der Waals surface area contributed by atoms with E-state index in [1.165, 1.54) is 12.1 Å². The van der Waals surface area contributed by atoms with Crippen LogP contribution in [0.4, 0.5) is 10.1 Å². The van der Waals surface area contributed by atoms with Gasteiger partial charge in [0.25, 0.3) is 0 Å². The second-order valence-corrected chi connectivity index (χ2v) is 5.04. The van der Waals surface area contributed by atoms with Gasteiger partial charge in [-0.1, -0.05) is 29.3 Å². The summed E-state index contributed by atoms with van der Waals surface area (Å²) in [5.41, 5.74) is 1.12. The van der Waals surface area contributed by atoms with E-state index < -0.39 is 5.82 Å². The molecule has 2 nitrogen and oxygen atoms in total. The number of rotatable bonds is 3. The minimum Gasteiger partial charge on any atom is -0.508 e. The number of hydrogen-bond acceptors (Lipinski definition) is 2. The molecule has 2 N–H and O–H groups in total. The number of halogens is 3. The van der Waals surface area contributed by atoms with Gasteiger partial charge in [0.15, 0.2) is 0 Å². The molecule has 0 saturated heterocycles. The van der Waals surface area contributed by atoms with Gasteiger partial charge in [0.1, 0.15) is 11.6 Å². The molecule has 1 unspecified atom stereocenters. The van der Waals surface area contributed by atoms with Crippen LogP contribution in [0.15, 0.2) is 36.4 Å². The third kappa shape index (κ3) is 3.31. The van der Waals surface area contributed by atoms with Crippen LogP contribution in [0.1, 0.15) is 18.5 Å².